The summed E-state index contributed by atoms with van der Waals surface area (Å²) in [6.45, 7) is 6.27. The third kappa shape index (κ3) is 4.47. The van der Waals surface area contributed by atoms with Gasteiger partial charge < -0.3 is 5.73 Å². The molecule has 0 aromatic carbocycles. The van der Waals surface area contributed by atoms with Gasteiger partial charge in [-0.05, 0) is 44.7 Å². The number of hydrogen-bond donors (Lipinski definition) is 1. The summed E-state index contributed by atoms with van der Waals surface area (Å²) in [6, 6.07) is 0.935. The fraction of sp³-hybridized carbons (Fsp3) is 0.692. The molecule has 0 amide bonds. The summed E-state index contributed by atoms with van der Waals surface area (Å²) >= 11 is 1.47. The van der Waals surface area contributed by atoms with Crippen LogP contribution >= 0.6 is 11.3 Å². The van der Waals surface area contributed by atoms with Gasteiger partial charge in [-0.3, -0.25) is 4.90 Å². The van der Waals surface area contributed by atoms with Crippen LogP contribution in [0.25, 0.3) is 0 Å². The Morgan fingerprint density at radius 1 is 1.32 bits per heavy atom. The quantitative estimate of drug-likeness (QED) is 0.897. The first-order valence-corrected chi connectivity index (χ1v) is 7.13. The lowest BCUT2D eigenvalue weighted by Crippen LogP contribution is -2.47. The molecule has 0 bridgehead atoms. The smallest absolute Gasteiger partial charge is 0.326 e. The molecule has 6 heteroatoms. The largest absolute Gasteiger partial charge is 0.401 e. The van der Waals surface area contributed by atoms with Crippen molar-refractivity contribution in [3.8, 4) is 0 Å². The van der Waals surface area contributed by atoms with Gasteiger partial charge in [0.25, 0.3) is 0 Å². The molecule has 2 nitrogen and oxygen atoms in total. The lowest BCUT2D eigenvalue weighted by Gasteiger charge is -2.37. The van der Waals surface area contributed by atoms with Gasteiger partial charge in [0.1, 0.15) is 0 Å². The van der Waals surface area contributed by atoms with Crippen LogP contribution in [0.1, 0.15) is 37.3 Å². The van der Waals surface area contributed by atoms with Gasteiger partial charge >= 0.3 is 6.18 Å². The Kier molecular flexibility index (Phi) is 5.41. The van der Waals surface area contributed by atoms with Gasteiger partial charge in [-0.15, -0.1) is 11.3 Å². The van der Waals surface area contributed by atoms with E-state index in [2.05, 4.69) is 0 Å². The zero-order chi connectivity index (χ0) is 14.8. The van der Waals surface area contributed by atoms with E-state index in [4.69, 9.17) is 5.73 Å². The molecule has 19 heavy (non-hydrogen) atoms. The van der Waals surface area contributed by atoms with Gasteiger partial charge in [-0.25, -0.2) is 0 Å². The Balaban J connectivity index is 3.11. The van der Waals surface area contributed by atoms with Crippen LogP contribution in [-0.2, 0) is 0 Å². The minimum atomic E-state index is -4.22. The Hall–Kier alpha value is -0.590. The molecule has 0 fully saturated rings. The van der Waals surface area contributed by atoms with Crippen molar-refractivity contribution in [1.82, 2.24) is 4.90 Å². The topological polar surface area (TPSA) is 29.3 Å². The minimum absolute atomic E-state index is 0.223. The molecule has 1 heterocycles. The Bertz CT molecular complexity index is 399. The third-order valence-corrected chi connectivity index (χ3v) is 4.14. The second-order valence-corrected chi connectivity index (χ2v) is 6.10. The standard InChI is InChI=1S/C13H21F3N2S/c1-8(2)18(7-13(14,15)16)11(10(4)17)12-9(3)5-6-19-12/h5-6,8,10-11H,7,17H2,1-4H3. The van der Waals surface area contributed by atoms with Gasteiger partial charge in [0, 0.05) is 17.0 Å². The summed E-state index contributed by atoms with van der Waals surface area (Å²) in [5.74, 6) is 0. The normalized spacial score (nSPS) is 16.1. The average molecular weight is 294 g/mol. The predicted octanol–water partition coefficient (Wildman–Crippen LogP) is 3.72. The summed E-state index contributed by atoms with van der Waals surface area (Å²) in [7, 11) is 0. The van der Waals surface area contributed by atoms with Crippen LogP contribution in [0.2, 0.25) is 0 Å². The first-order valence-electron chi connectivity index (χ1n) is 6.25. The second-order valence-electron chi connectivity index (χ2n) is 5.15. The Morgan fingerprint density at radius 3 is 2.21 bits per heavy atom. The molecular weight excluding hydrogens is 273 g/mol. The van der Waals surface area contributed by atoms with Gasteiger partial charge in [-0.1, -0.05) is 0 Å². The number of nitrogens with zero attached hydrogens (tertiary/aromatic N) is 1. The number of rotatable bonds is 5. The van der Waals surface area contributed by atoms with Crippen molar-refractivity contribution >= 4 is 11.3 Å². The maximum absolute atomic E-state index is 12.8. The van der Waals surface area contributed by atoms with Crippen LogP contribution in [0.5, 0.6) is 0 Å². The number of alkyl halides is 3. The van der Waals surface area contributed by atoms with E-state index in [0.29, 0.717) is 0 Å². The van der Waals surface area contributed by atoms with E-state index in [9.17, 15) is 13.2 Å². The predicted molar refractivity (Wildman–Crippen MR) is 73.3 cm³/mol. The molecule has 0 saturated heterocycles. The van der Waals surface area contributed by atoms with E-state index in [1.165, 1.54) is 16.2 Å². The maximum Gasteiger partial charge on any atom is 0.401 e. The minimum Gasteiger partial charge on any atom is -0.326 e. The van der Waals surface area contributed by atoms with Gasteiger partial charge in [0.05, 0.1) is 12.6 Å². The number of thiophene rings is 1. The molecular formula is C13H21F3N2S. The summed E-state index contributed by atoms with van der Waals surface area (Å²) < 4.78 is 38.3. The highest BCUT2D eigenvalue weighted by atomic mass is 32.1. The molecule has 1 aromatic heterocycles. The number of nitrogens with two attached hydrogens (primary N) is 1. The van der Waals surface area contributed by atoms with Crippen molar-refractivity contribution in [3.63, 3.8) is 0 Å². The fourth-order valence-corrected chi connectivity index (χ4v) is 3.35. The highest BCUT2D eigenvalue weighted by Crippen LogP contribution is 2.34. The van der Waals surface area contributed by atoms with Crippen molar-refractivity contribution in [2.45, 2.75) is 52.0 Å². The molecule has 0 spiro atoms. The number of hydrogen-bond acceptors (Lipinski definition) is 3. The molecule has 0 aliphatic carbocycles. The van der Waals surface area contributed by atoms with E-state index in [0.717, 1.165) is 10.4 Å². The highest BCUT2D eigenvalue weighted by Gasteiger charge is 2.37. The van der Waals surface area contributed by atoms with E-state index < -0.39 is 18.8 Å². The van der Waals surface area contributed by atoms with Gasteiger partial charge in [0.2, 0.25) is 0 Å². The number of aryl methyl sites for hydroxylation is 1. The molecule has 2 atom stereocenters. The summed E-state index contributed by atoms with van der Waals surface area (Å²) in [6.07, 6.45) is -4.22. The highest BCUT2D eigenvalue weighted by molar-refractivity contribution is 7.10. The summed E-state index contributed by atoms with van der Waals surface area (Å²) in [5.41, 5.74) is 6.95. The van der Waals surface area contributed by atoms with Gasteiger partial charge in [0.15, 0.2) is 0 Å². The van der Waals surface area contributed by atoms with Crippen LogP contribution in [0, 0.1) is 6.92 Å². The van der Waals surface area contributed by atoms with Crippen LogP contribution in [0.15, 0.2) is 11.4 Å². The van der Waals surface area contributed by atoms with Crippen molar-refractivity contribution in [3.05, 3.63) is 21.9 Å². The zero-order valence-corrected chi connectivity index (χ0v) is 12.5. The molecule has 0 aliphatic rings. The molecule has 2 unspecified atom stereocenters. The van der Waals surface area contributed by atoms with Crippen molar-refractivity contribution in [2.24, 2.45) is 5.73 Å². The van der Waals surface area contributed by atoms with E-state index in [1.54, 1.807) is 20.8 Å². The molecule has 1 aromatic rings. The monoisotopic (exact) mass is 294 g/mol. The lowest BCUT2D eigenvalue weighted by atomic mass is 10.0. The molecule has 0 aliphatic heterocycles. The van der Waals surface area contributed by atoms with Crippen molar-refractivity contribution < 1.29 is 13.2 Å². The van der Waals surface area contributed by atoms with Crippen LogP contribution in [0.3, 0.4) is 0 Å². The SMILES string of the molecule is Cc1ccsc1C(C(C)N)N(CC(F)(F)F)C(C)C. The Labute approximate surface area is 116 Å². The van der Waals surface area contributed by atoms with Crippen molar-refractivity contribution in [2.75, 3.05) is 6.54 Å². The summed E-state index contributed by atoms with van der Waals surface area (Å²) in [4.78, 5) is 2.36. The molecule has 1 rings (SSSR count). The first kappa shape index (κ1) is 16.5. The average Bonchev–Trinajstić information content (AvgIpc) is 2.61. The lowest BCUT2D eigenvalue weighted by molar-refractivity contribution is -0.156. The number of halogens is 3. The molecule has 0 radical (unpaired) electrons. The van der Waals surface area contributed by atoms with E-state index in [1.807, 2.05) is 18.4 Å². The van der Waals surface area contributed by atoms with Crippen LogP contribution < -0.4 is 5.73 Å². The van der Waals surface area contributed by atoms with Crippen molar-refractivity contribution in [1.29, 1.82) is 0 Å². The second kappa shape index (κ2) is 6.24. The van der Waals surface area contributed by atoms with E-state index >= 15 is 0 Å². The maximum atomic E-state index is 12.8. The van der Waals surface area contributed by atoms with E-state index in [-0.39, 0.29) is 12.1 Å². The van der Waals surface area contributed by atoms with Crippen LogP contribution in [0.4, 0.5) is 13.2 Å². The summed E-state index contributed by atoms with van der Waals surface area (Å²) in [5, 5.41) is 1.89. The molecule has 110 valence electrons. The first-order chi connectivity index (χ1) is 8.63. The fourth-order valence-electron chi connectivity index (χ4n) is 2.19. The van der Waals surface area contributed by atoms with Gasteiger partial charge in [-0.2, -0.15) is 13.2 Å². The molecule has 0 saturated carbocycles. The third-order valence-electron chi connectivity index (χ3n) is 3.05. The zero-order valence-electron chi connectivity index (χ0n) is 11.7. The Morgan fingerprint density at radius 2 is 1.89 bits per heavy atom. The molecule has 2 N–H and O–H groups in total. The van der Waals surface area contributed by atoms with Crippen LogP contribution in [-0.4, -0.2) is 29.7 Å².